The quantitative estimate of drug-likeness (QED) is 0.300. The summed E-state index contributed by atoms with van der Waals surface area (Å²) in [6.07, 6.45) is 1.81. The number of halogens is 2. The van der Waals surface area contributed by atoms with E-state index in [1.54, 1.807) is 38.1 Å². The number of hydrogen-bond donors (Lipinski definition) is 2. The Balaban J connectivity index is 1.95. The van der Waals surface area contributed by atoms with E-state index >= 15 is 4.39 Å². The van der Waals surface area contributed by atoms with Crippen molar-refractivity contribution in [1.29, 1.82) is 0 Å². The average Bonchev–Trinajstić information content (AvgIpc) is 2.76. The summed E-state index contributed by atoms with van der Waals surface area (Å²) in [5.41, 5.74) is 4.32. The first-order valence-corrected chi connectivity index (χ1v) is 10.3. The first-order valence-electron chi connectivity index (χ1n) is 10.3. The van der Waals surface area contributed by atoms with Crippen molar-refractivity contribution in [2.75, 3.05) is 17.6 Å². The number of Topliss-reactive ketones (excluding diaryl/α,β-unsaturated/α-hetero) is 2. The van der Waals surface area contributed by atoms with Gasteiger partial charge >= 0.3 is 0 Å². The molecule has 3 aromatic rings. The lowest BCUT2D eigenvalue weighted by Crippen LogP contribution is -2.22. The third kappa shape index (κ3) is 4.26. The number of nitrogens with two attached hydrogens (primary N) is 1. The Hall–Kier alpha value is -3.55. The number of nitrogens with zero attached hydrogens (tertiary/aromatic N) is 1. The fraction of sp³-hybridized carbons (Fsp3) is 0.292. The summed E-state index contributed by atoms with van der Waals surface area (Å²) in [5, 5.41) is 2.32. The van der Waals surface area contributed by atoms with Crippen LogP contribution in [-0.4, -0.2) is 22.7 Å². The maximum absolute atomic E-state index is 15.4. The van der Waals surface area contributed by atoms with E-state index in [0.29, 0.717) is 12.0 Å². The van der Waals surface area contributed by atoms with Crippen molar-refractivity contribution in [1.82, 2.24) is 4.57 Å². The molecule has 0 saturated carbocycles. The van der Waals surface area contributed by atoms with Crippen LogP contribution in [0.15, 0.2) is 41.3 Å². The third-order valence-electron chi connectivity index (χ3n) is 5.30. The number of ketones is 2. The molecule has 0 fully saturated rings. The third-order valence-corrected chi connectivity index (χ3v) is 5.30. The van der Waals surface area contributed by atoms with E-state index in [1.807, 2.05) is 6.07 Å². The molecule has 8 heteroatoms. The summed E-state index contributed by atoms with van der Waals surface area (Å²) in [5.74, 6) is -2.66. The van der Waals surface area contributed by atoms with Gasteiger partial charge in [-0.25, -0.2) is 8.78 Å². The molecule has 1 aromatic heterocycles. The number of rotatable bonds is 8. The van der Waals surface area contributed by atoms with Crippen molar-refractivity contribution in [3.05, 3.63) is 69.5 Å². The number of anilines is 2. The lowest BCUT2D eigenvalue weighted by Gasteiger charge is -2.20. The van der Waals surface area contributed by atoms with Gasteiger partial charge in [0.05, 0.1) is 22.2 Å². The highest BCUT2D eigenvalue weighted by Crippen LogP contribution is 2.34. The normalized spacial score (nSPS) is 11.2. The molecule has 0 bridgehead atoms. The SMILES string of the molecule is CC(=O)c1cn(C(C)C)c2c(F)c(NCCCC(=O)c3ccccc3)c(F)c(N)c2c1=O. The maximum atomic E-state index is 15.4. The standard InChI is InChI=1S/C24H25F2N3O3/c1-13(2)29-12-16(14(3)30)24(32)18-21(27)19(25)22(20(26)23(18)29)28-11-7-10-17(31)15-8-5-4-6-9-15/h4-6,8-9,12-13,28H,7,10-11,27H2,1-3H3. The molecule has 0 saturated heterocycles. The summed E-state index contributed by atoms with van der Waals surface area (Å²) in [4.78, 5) is 36.8. The van der Waals surface area contributed by atoms with Crippen LogP contribution in [0.1, 0.15) is 60.4 Å². The van der Waals surface area contributed by atoms with Crippen LogP contribution in [0, 0.1) is 11.6 Å². The van der Waals surface area contributed by atoms with Crippen LogP contribution in [0.25, 0.3) is 10.9 Å². The molecule has 168 valence electrons. The van der Waals surface area contributed by atoms with Gasteiger partial charge in [-0.15, -0.1) is 0 Å². The molecule has 1 heterocycles. The highest BCUT2D eigenvalue weighted by atomic mass is 19.1. The number of carbonyl (C=O) groups excluding carboxylic acids is 2. The molecular formula is C24H25F2N3O3. The van der Waals surface area contributed by atoms with Crippen molar-refractivity contribution < 1.29 is 18.4 Å². The Labute approximate surface area is 184 Å². The van der Waals surface area contributed by atoms with Crippen molar-refractivity contribution in [3.8, 4) is 0 Å². The van der Waals surface area contributed by atoms with Crippen LogP contribution in [0.3, 0.4) is 0 Å². The fourth-order valence-corrected chi connectivity index (χ4v) is 3.61. The zero-order valence-corrected chi connectivity index (χ0v) is 18.2. The number of fused-ring (bicyclic) bond motifs is 1. The smallest absolute Gasteiger partial charge is 0.202 e. The summed E-state index contributed by atoms with van der Waals surface area (Å²) in [6, 6.07) is 8.43. The van der Waals surface area contributed by atoms with Crippen LogP contribution >= 0.6 is 0 Å². The monoisotopic (exact) mass is 441 g/mol. The molecule has 0 amide bonds. The van der Waals surface area contributed by atoms with Gasteiger partial charge in [0.2, 0.25) is 5.43 Å². The van der Waals surface area contributed by atoms with E-state index in [9.17, 15) is 18.8 Å². The number of pyridine rings is 1. The Morgan fingerprint density at radius 3 is 2.38 bits per heavy atom. The molecule has 0 atom stereocenters. The van der Waals surface area contributed by atoms with Gasteiger partial charge < -0.3 is 15.6 Å². The van der Waals surface area contributed by atoms with Crippen LogP contribution in [0.2, 0.25) is 0 Å². The first-order chi connectivity index (χ1) is 15.1. The van der Waals surface area contributed by atoms with Gasteiger partial charge in [-0.2, -0.15) is 0 Å². The number of aromatic nitrogens is 1. The van der Waals surface area contributed by atoms with Crippen molar-refractivity contribution in [2.24, 2.45) is 0 Å². The molecule has 0 aliphatic heterocycles. The van der Waals surface area contributed by atoms with Gasteiger partial charge in [-0.05, 0) is 27.2 Å². The molecule has 0 aliphatic carbocycles. The van der Waals surface area contributed by atoms with Gasteiger partial charge in [0.1, 0.15) is 5.69 Å². The molecule has 0 unspecified atom stereocenters. The average molecular weight is 441 g/mol. The van der Waals surface area contributed by atoms with Gasteiger partial charge in [0.25, 0.3) is 0 Å². The molecule has 0 radical (unpaired) electrons. The maximum Gasteiger partial charge on any atom is 0.202 e. The summed E-state index contributed by atoms with van der Waals surface area (Å²) in [7, 11) is 0. The second kappa shape index (κ2) is 9.30. The summed E-state index contributed by atoms with van der Waals surface area (Å²) < 4.78 is 31.8. The number of nitrogens with one attached hydrogen (secondary N) is 1. The topological polar surface area (TPSA) is 94.2 Å². The highest BCUT2D eigenvalue weighted by Gasteiger charge is 2.25. The van der Waals surface area contributed by atoms with Crippen molar-refractivity contribution in [3.63, 3.8) is 0 Å². The number of nitrogen functional groups attached to an aromatic ring is 1. The lowest BCUT2D eigenvalue weighted by molar-refractivity contribution is 0.0979. The molecule has 2 aromatic carbocycles. The lowest BCUT2D eigenvalue weighted by atomic mass is 10.0. The van der Waals surface area contributed by atoms with Crippen LogP contribution in [-0.2, 0) is 0 Å². The fourth-order valence-electron chi connectivity index (χ4n) is 3.61. The number of hydrogen-bond acceptors (Lipinski definition) is 5. The van der Waals surface area contributed by atoms with Crippen LogP contribution in [0.5, 0.6) is 0 Å². The second-order valence-electron chi connectivity index (χ2n) is 7.89. The predicted octanol–water partition coefficient (Wildman–Crippen LogP) is 4.72. The molecule has 6 nitrogen and oxygen atoms in total. The van der Waals surface area contributed by atoms with Crippen molar-refractivity contribution >= 4 is 33.8 Å². The highest BCUT2D eigenvalue weighted by molar-refractivity contribution is 6.01. The van der Waals surface area contributed by atoms with E-state index in [-0.39, 0.29) is 41.3 Å². The van der Waals surface area contributed by atoms with Gasteiger partial charge in [0.15, 0.2) is 23.2 Å². The van der Waals surface area contributed by atoms with E-state index in [0.717, 1.165) is 0 Å². The molecule has 3 rings (SSSR count). The summed E-state index contributed by atoms with van der Waals surface area (Å²) in [6.45, 7) is 4.82. The second-order valence-corrected chi connectivity index (χ2v) is 7.89. The van der Waals surface area contributed by atoms with Crippen LogP contribution in [0.4, 0.5) is 20.2 Å². The Morgan fingerprint density at radius 1 is 1.12 bits per heavy atom. The van der Waals surface area contributed by atoms with E-state index < -0.39 is 34.2 Å². The minimum Gasteiger partial charge on any atom is -0.396 e. The zero-order valence-electron chi connectivity index (χ0n) is 18.2. The minimum absolute atomic E-state index is 0.0724. The minimum atomic E-state index is -1.10. The molecule has 3 N–H and O–H groups in total. The molecular weight excluding hydrogens is 416 g/mol. The van der Waals surface area contributed by atoms with Crippen LogP contribution < -0.4 is 16.5 Å². The number of benzene rings is 2. The molecule has 32 heavy (non-hydrogen) atoms. The van der Waals surface area contributed by atoms with Gasteiger partial charge in [0, 0.05) is 30.8 Å². The van der Waals surface area contributed by atoms with Crippen molar-refractivity contribution in [2.45, 2.75) is 39.7 Å². The largest absolute Gasteiger partial charge is 0.396 e. The van der Waals surface area contributed by atoms with Gasteiger partial charge in [-0.1, -0.05) is 30.3 Å². The predicted molar refractivity (Wildman–Crippen MR) is 121 cm³/mol. The number of carbonyl (C=O) groups is 2. The molecule has 0 spiro atoms. The summed E-state index contributed by atoms with van der Waals surface area (Å²) >= 11 is 0. The van der Waals surface area contributed by atoms with E-state index in [2.05, 4.69) is 5.32 Å². The van der Waals surface area contributed by atoms with E-state index in [1.165, 1.54) is 17.7 Å². The first kappa shape index (κ1) is 23.1. The van der Waals surface area contributed by atoms with E-state index in [4.69, 9.17) is 5.73 Å². The Morgan fingerprint density at radius 2 is 1.78 bits per heavy atom. The Kier molecular flexibility index (Phi) is 6.72. The zero-order chi connectivity index (χ0) is 23.6. The van der Waals surface area contributed by atoms with Gasteiger partial charge in [-0.3, -0.25) is 14.4 Å². The molecule has 0 aliphatic rings. The Bertz CT molecular complexity index is 1250.